The average Bonchev–Trinajstić information content (AvgIpc) is 2.28. The van der Waals surface area contributed by atoms with Gasteiger partial charge in [0.25, 0.3) is 0 Å². The number of hydrogen-bond acceptors (Lipinski definition) is 4. The van der Waals surface area contributed by atoms with E-state index < -0.39 is 0 Å². The number of nitrogen functional groups attached to an aromatic ring is 1. The first-order chi connectivity index (χ1) is 7.75. The minimum Gasteiger partial charge on any atom is -0.458 e. The first kappa shape index (κ1) is 10.4. The van der Waals surface area contributed by atoms with Gasteiger partial charge in [-0.3, -0.25) is 0 Å². The predicted molar refractivity (Wildman–Crippen MR) is 57.2 cm³/mol. The summed E-state index contributed by atoms with van der Waals surface area (Å²) in [6.45, 7) is 0.0795. The standard InChI is InChI=1S/C11H10FN3O/c12-9-4-2-1-3-8(9)7-16-11-14-6-5-10(13)15-11/h1-6H,7H2,(H2,13,14,15). The van der Waals surface area contributed by atoms with E-state index in [2.05, 4.69) is 9.97 Å². The van der Waals surface area contributed by atoms with Crippen molar-refractivity contribution in [1.29, 1.82) is 0 Å². The van der Waals surface area contributed by atoms with Crippen molar-refractivity contribution in [3.8, 4) is 6.01 Å². The van der Waals surface area contributed by atoms with Gasteiger partial charge in [-0.05, 0) is 12.1 Å². The number of aromatic nitrogens is 2. The second kappa shape index (κ2) is 4.57. The molecule has 2 N–H and O–H groups in total. The lowest BCUT2D eigenvalue weighted by molar-refractivity contribution is 0.276. The summed E-state index contributed by atoms with van der Waals surface area (Å²) >= 11 is 0. The summed E-state index contributed by atoms with van der Waals surface area (Å²) in [4.78, 5) is 7.69. The van der Waals surface area contributed by atoms with E-state index in [1.165, 1.54) is 12.3 Å². The van der Waals surface area contributed by atoms with E-state index in [4.69, 9.17) is 10.5 Å². The molecule has 0 aliphatic carbocycles. The zero-order valence-corrected chi connectivity index (χ0v) is 8.43. The number of anilines is 1. The molecule has 0 aliphatic heterocycles. The van der Waals surface area contributed by atoms with Crippen molar-refractivity contribution in [2.45, 2.75) is 6.61 Å². The molecule has 2 rings (SSSR count). The Balaban J connectivity index is 2.05. The molecule has 0 bridgehead atoms. The SMILES string of the molecule is Nc1ccnc(OCc2ccccc2F)n1. The molecule has 4 nitrogen and oxygen atoms in total. The Labute approximate surface area is 91.9 Å². The molecule has 2 aromatic rings. The fourth-order valence-electron chi connectivity index (χ4n) is 1.18. The number of nitrogens with two attached hydrogens (primary N) is 1. The van der Waals surface area contributed by atoms with Crippen LogP contribution in [0, 0.1) is 5.82 Å². The molecule has 0 amide bonds. The van der Waals surface area contributed by atoms with Gasteiger partial charge in [-0.1, -0.05) is 18.2 Å². The fraction of sp³-hybridized carbons (Fsp3) is 0.0909. The zero-order valence-electron chi connectivity index (χ0n) is 8.43. The van der Waals surface area contributed by atoms with Crippen LogP contribution in [0.5, 0.6) is 6.01 Å². The Morgan fingerprint density at radius 3 is 2.81 bits per heavy atom. The van der Waals surface area contributed by atoms with E-state index in [0.717, 1.165) is 0 Å². The molecule has 5 heteroatoms. The van der Waals surface area contributed by atoms with Gasteiger partial charge in [0.15, 0.2) is 0 Å². The summed E-state index contributed by atoms with van der Waals surface area (Å²) < 4.78 is 18.4. The van der Waals surface area contributed by atoms with Crippen LogP contribution in [-0.4, -0.2) is 9.97 Å². The van der Waals surface area contributed by atoms with Crippen LogP contribution >= 0.6 is 0 Å². The number of rotatable bonds is 3. The Kier molecular flexibility index (Phi) is 2.95. The van der Waals surface area contributed by atoms with Crippen LogP contribution < -0.4 is 10.5 Å². The van der Waals surface area contributed by atoms with Crippen molar-refractivity contribution in [2.75, 3.05) is 5.73 Å². The van der Waals surface area contributed by atoms with Crippen molar-refractivity contribution >= 4 is 5.82 Å². The molecule has 0 aliphatic rings. The number of halogens is 1. The topological polar surface area (TPSA) is 61.0 Å². The second-order valence-electron chi connectivity index (χ2n) is 3.14. The first-order valence-corrected chi connectivity index (χ1v) is 4.70. The first-order valence-electron chi connectivity index (χ1n) is 4.70. The smallest absolute Gasteiger partial charge is 0.318 e. The van der Waals surface area contributed by atoms with Crippen LogP contribution in [0.15, 0.2) is 36.5 Å². The summed E-state index contributed by atoms with van der Waals surface area (Å²) in [7, 11) is 0. The highest BCUT2D eigenvalue weighted by Crippen LogP contribution is 2.10. The van der Waals surface area contributed by atoms with E-state index in [1.54, 1.807) is 24.3 Å². The lowest BCUT2D eigenvalue weighted by Gasteiger charge is -2.05. The molecule has 1 aromatic carbocycles. The van der Waals surface area contributed by atoms with Gasteiger partial charge in [-0.15, -0.1) is 0 Å². The molecule has 0 radical (unpaired) electrons. The normalized spacial score (nSPS) is 10.1. The van der Waals surface area contributed by atoms with Gasteiger partial charge in [0, 0.05) is 11.8 Å². The van der Waals surface area contributed by atoms with Gasteiger partial charge in [-0.25, -0.2) is 9.37 Å². The second-order valence-corrected chi connectivity index (χ2v) is 3.14. The molecule has 16 heavy (non-hydrogen) atoms. The Bertz CT molecular complexity index is 490. The molecular formula is C11H10FN3O. The van der Waals surface area contributed by atoms with Gasteiger partial charge in [0.2, 0.25) is 0 Å². The molecular weight excluding hydrogens is 209 g/mol. The highest BCUT2D eigenvalue weighted by Gasteiger charge is 2.03. The quantitative estimate of drug-likeness (QED) is 0.854. The van der Waals surface area contributed by atoms with Gasteiger partial charge in [0.1, 0.15) is 18.2 Å². The molecule has 0 spiro atoms. The van der Waals surface area contributed by atoms with E-state index in [1.807, 2.05) is 0 Å². The van der Waals surface area contributed by atoms with E-state index in [9.17, 15) is 4.39 Å². The fourth-order valence-corrected chi connectivity index (χ4v) is 1.18. The molecule has 0 unspecified atom stereocenters. The lowest BCUT2D eigenvalue weighted by atomic mass is 10.2. The number of nitrogens with zero attached hydrogens (tertiary/aromatic N) is 2. The number of hydrogen-bond donors (Lipinski definition) is 1. The van der Waals surface area contributed by atoms with Gasteiger partial charge < -0.3 is 10.5 Å². The zero-order chi connectivity index (χ0) is 11.4. The summed E-state index contributed by atoms with van der Waals surface area (Å²) in [5.74, 6) is 0.00457. The highest BCUT2D eigenvalue weighted by atomic mass is 19.1. The Hall–Kier alpha value is -2.17. The number of ether oxygens (including phenoxy) is 1. The molecule has 0 saturated carbocycles. The Morgan fingerprint density at radius 1 is 1.25 bits per heavy atom. The summed E-state index contributed by atoms with van der Waals surface area (Å²) in [5.41, 5.74) is 5.90. The third kappa shape index (κ3) is 2.44. The third-order valence-corrected chi connectivity index (χ3v) is 1.97. The highest BCUT2D eigenvalue weighted by molar-refractivity contribution is 5.26. The Morgan fingerprint density at radius 2 is 2.06 bits per heavy atom. The maximum Gasteiger partial charge on any atom is 0.318 e. The van der Waals surface area contributed by atoms with E-state index in [0.29, 0.717) is 11.4 Å². The maximum atomic E-state index is 13.2. The van der Waals surface area contributed by atoms with Crippen molar-refractivity contribution in [1.82, 2.24) is 9.97 Å². The molecule has 0 atom stereocenters. The van der Waals surface area contributed by atoms with Crippen molar-refractivity contribution in [3.05, 3.63) is 47.9 Å². The van der Waals surface area contributed by atoms with Crippen LogP contribution in [0.3, 0.4) is 0 Å². The van der Waals surface area contributed by atoms with Crippen LogP contribution in [0.25, 0.3) is 0 Å². The summed E-state index contributed by atoms with van der Waals surface area (Å²) in [6, 6.07) is 8.07. The lowest BCUT2D eigenvalue weighted by Crippen LogP contribution is -2.02. The van der Waals surface area contributed by atoms with E-state index in [-0.39, 0.29) is 18.4 Å². The summed E-state index contributed by atoms with van der Waals surface area (Å²) in [5, 5.41) is 0. The average molecular weight is 219 g/mol. The van der Waals surface area contributed by atoms with Gasteiger partial charge in [-0.2, -0.15) is 4.98 Å². The molecule has 1 heterocycles. The molecule has 0 saturated heterocycles. The van der Waals surface area contributed by atoms with E-state index >= 15 is 0 Å². The third-order valence-electron chi connectivity index (χ3n) is 1.97. The van der Waals surface area contributed by atoms with Gasteiger partial charge in [0.05, 0.1) is 0 Å². The predicted octanol–water partition coefficient (Wildman–Crippen LogP) is 1.78. The van der Waals surface area contributed by atoms with Crippen molar-refractivity contribution in [3.63, 3.8) is 0 Å². The largest absolute Gasteiger partial charge is 0.458 e. The van der Waals surface area contributed by atoms with Crippen LogP contribution in [0.4, 0.5) is 10.2 Å². The molecule has 82 valence electrons. The number of benzene rings is 1. The van der Waals surface area contributed by atoms with Gasteiger partial charge >= 0.3 is 6.01 Å². The van der Waals surface area contributed by atoms with Crippen LogP contribution in [0.1, 0.15) is 5.56 Å². The minimum absolute atomic E-state index is 0.0795. The van der Waals surface area contributed by atoms with Crippen molar-refractivity contribution < 1.29 is 9.13 Å². The van der Waals surface area contributed by atoms with Crippen LogP contribution in [0.2, 0.25) is 0 Å². The molecule has 0 fully saturated rings. The minimum atomic E-state index is -0.314. The maximum absolute atomic E-state index is 13.2. The molecule has 1 aromatic heterocycles. The van der Waals surface area contributed by atoms with Crippen LogP contribution in [-0.2, 0) is 6.61 Å². The monoisotopic (exact) mass is 219 g/mol. The van der Waals surface area contributed by atoms with Crippen molar-refractivity contribution in [2.24, 2.45) is 0 Å². The summed E-state index contributed by atoms with van der Waals surface area (Å²) in [6.07, 6.45) is 1.49.